The molecule has 0 aliphatic rings. The largest absolute Gasteiger partial charge is 0.377 e. The molecule has 0 spiro atoms. The van der Waals surface area contributed by atoms with Crippen LogP contribution in [-0.4, -0.2) is 6.61 Å². The maximum absolute atomic E-state index is 5.46. The summed E-state index contributed by atoms with van der Waals surface area (Å²) in [4.78, 5) is 0. The van der Waals surface area contributed by atoms with E-state index in [9.17, 15) is 0 Å². The molecular formula is C27H56O. The lowest BCUT2D eigenvalue weighted by molar-refractivity contribution is 0.118. The van der Waals surface area contributed by atoms with E-state index < -0.39 is 0 Å². The Morgan fingerprint density at radius 2 is 1.25 bits per heavy atom. The Balaban J connectivity index is -0.000000154. The number of benzene rings is 1. The van der Waals surface area contributed by atoms with Crippen molar-refractivity contribution in [1.29, 1.82) is 0 Å². The first kappa shape index (κ1) is 34.7. The Kier molecular flexibility index (Phi) is 41.8. The summed E-state index contributed by atoms with van der Waals surface area (Å²) in [7, 11) is 0. The second-order valence-corrected chi connectivity index (χ2v) is 7.00. The molecule has 1 aromatic carbocycles. The quantitative estimate of drug-likeness (QED) is 0.377. The van der Waals surface area contributed by atoms with Gasteiger partial charge < -0.3 is 4.74 Å². The van der Waals surface area contributed by atoms with Crippen LogP contribution in [0.5, 0.6) is 0 Å². The number of rotatable bonds is 9. The molecule has 0 aromatic heterocycles. The lowest BCUT2D eigenvalue weighted by atomic mass is 10.1. The molecule has 0 bridgehead atoms. The zero-order valence-corrected chi connectivity index (χ0v) is 21.6. The number of unbranched alkanes of at least 4 members (excludes halogenated alkanes) is 1. The van der Waals surface area contributed by atoms with Crippen LogP contribution < -0.4 is 0 Å². The van der Waals surface area contributed by atoms with Gasteiger partial charge in [-0.25, -0.2) is 0 Å². The highest BCUT2D eigenvalue weighted by Gasteiger charge is 1.90. The van der Waals surface area contributed by atoms with E-state index in [-0.39, 0.29) is 0 Å². The molecule has 0 aliphatic carbocycles. The van der Waals surface area contributed by atoms with Crippen LogP contribution in [0.1, 0.15) is 120 Å². The first-order chi connectivity index (χ1) is 13.5. The second-order valence-electron chi connectivity index (χ2n) is 7.00. The van der Waals surface area contributed by atoms with Gasteiger partial charge in [0.25, 0.3) is 0 Å². The second kappa shape index (κ2) is 33.7. The van der Waals surface area contributed by atoms with Crippen LogP contribution in [0.2, 0.25) is 0 Å². The van der Waals surface area contributed by atoms with Gasteiger partial charge in [-0.05, 0) is 23.8 Å². The van der Waals surface area contributed by atoms with Crippen molar-refractivity contribution in [1.82, 2.24) is 0 Å². The van der Waals surface area contributed by atoms with E-state index in [1.165, 1.54) is 37.7 Å². The third-order valence-electron chi connectivity index (χ3n) is 4.01. The van der Waals surface area contributed by atoms with Crippen LogP contribution in [0.3, 0.4) is 0 Å². The van der Waals surface area contributed by atoms with Crippen LogP contribution in [0.15, 0.2) is 30.3 Å². The molecule has 170 valence electrons. The van der Waals surface area contributed by atoms with Crippen molar-refractivity contribution in [2.45, 2.75) is 121 Å². The van der Waals surface area contributed by atoms with Gasteiger partial charge in [-0.2, -0.15) is 0 Å². The molecule has 0 N–H and O–H groups in total. The van der Waals surface area contributed by atoms with Gasteiger partial charge in [0, 0.05) is 6.61 Å². The monoisotopic (exact) mass is 396 g/mol. The van der Waals surface area contributed by atoms with Gasteiger partial charge in [0.2, 0.25) is 0 Å². The van der Waals surface area contributed by atoms with E-state index in [1.807, 2.05) is 45.9 Å². The van der Waals surface area contributed by atoms with Crippen molar-refractivity contribution >= 4 is 0 Å². The molecule has 0 unspecified atom stereocenters. The first-order valence-electron chi connectivity index (χ1n) is 12.1. The molecular weight excluding hydrogens is 340 g/mol. The zero-order chi connectivity index (χ0) is 22.6. The molecule has 0 heterocycles. The van der Waals surface area contributed by atoms with Crippen LogP contribution in [0.4, 0.5) is 0 Å². The van der Waals surface area contributed by atoms with Crippen LogP contribution >= 0.6 is 0 Å². The fourth-order valence-corrected chi connectivity index (χ4v) is 1.88. The molecule has 0 atom stereocenters. The van der Waals surface area contributed by atoms with E-state index in [2.05, 4.69) is 60.6 Å². The SMILES string of the molecule is CC.CC.CCC(C)CC.CCCC(C)C.CCCCOCc1ccccc1. The maximum atomic E-state index is 5.46. The van der Waals surface area contributed by atoms with E-state index in [0.29, 0.717) is 0 Å². The van der Waals surface area contributed by atoms with Crippen LogP contribution in [0.25, 0.3) is 0 Å². The molecule has 0 amide bonds. The minimum atomic E-state index is 0.751. The highest BCUT2D eigenvalue weighted by atomic mass is 16.5. The average molecular weight is 397 g/mol. The Labute approximate surface area is 180 Å². The van der Waals surface area contributed by atoms with Crippen molar-refractivity contribution < 1.29 is 4.74 Å². The molecule has 0 saturated heterocycles. The summed E-state index contributed by atoms with van der Waals surface area (Å²) in [5.41, 5.74) is 1.26. The van der Waals surface area contributed by atoms with Crippen LogP contribution in [0, 0.1) is 11.8 Å². The smallest absolute Gasteiger partial charge is 0.0716 e. The van der Waals surface area contributed by atoms with Crippen molar-refractivity contribution in [2.75, 3.05) is 6.61 Å². The summed E-state index contributed by atoms with van der Waals surface area (Å²) in [5, 5.41) is 0. The standard InChI is InChI=1S/C11H16O.2C6H14.2C2H6/c1-2-3-9-12-10-11-7-5-4-6-8-11;1-4-5-6(2)3;1-4-6(3)5-2;2*1-2/h4-8H,2-3,9-10H2,1H3;2*6H,4-5H2,1-3H3;2*1-2H3. The van der Waals surface area contributed by atoms with Crippen molar-refractivity contribution in [3.05, 3.63) is 35.9 Å². The fraction of sp³-hybridized carbons (Fsp3) is 0.778. The number of hydrogen-bond acceptors (Lipinski definition) is 1. The summed E-state index contributed by atoms with van der Waals surface area (Å²) in [6.07, 6.45) is 7.73. The van der Waals surface area contributed by atoms with Crippen LogP contribution in [-0.2, 0) is 11.3 Å². The minimum Gasteiger partial charge on any atom is -0.377 e. The van der Waals surface area contributed by atoms with E-state index >= 15 is 0 Å². The van der Waals surface area contributed by atoms with Gasteiger partial charge in [0.05, 0.1) is 6.61 Å². The van der Waals surface area contributed by atoms with Crippen molar-refractivity contribution in [2.24, 2.45) is 11.8 Å². The predicted molar refractivity (Wildman–Crippen MR) is 133 cm³/mol. The highest BCUT2D eigenvalue weighted by molar-refractivity contribution is 5.13. The lowest BCUT2D eigenvalue weighted by Crippen LogP contribution is -1.94. The Morgan fingerprint density at radius 1 is 0.750 bits per heavy atom. The van der Waals surface area contributed by atoms with Crippen molar-refractivity contribution in [3.63, 3.8) is 0 Å². The van der Waals surface area contributed by atoms with Gasteiger partial charge in [-0.1, -0.05) is 139 Å². The van der Waals surface area contributed by atoms with Gasteiger partial charge in [-0.15, -0.1) is 0 Å². The topological polar surface area (TPSA) is 9.23 Å². The molecule has 28 heavy (non-hydrogen) atoms. The summed E-state index contributed by atoms with van der Waals surface area (Å²) in [5.74, 6) is 1.83. The summed E-state index contributed by atoms with van der Waals surface area (Å²) in [6.45, 7) is 25.3. The molecule has 1 rings (SSSR count). The van der Waals surface area contributed by atoms with E-state index in [4.69, 9.17) is 4.74 Å². The summed E-state index contributed by atoms with van der Waals surface area (Å²) in [6, 6.07) is 10.3. The highest BCUT2D eigenvalue weighted by Crippen LogP contribution is 2.03. The Hall–Kier alpha value is -0.820. The normalized spacial score (nSPS) is 9.04. The maximum Gasteiger partial charge on any atom is 0.0716 e. The predicted octanol–water partition coefficient (Wildman–Crippen LogP) is 9.94. The Bertz CT molecular complexity index is 314. The van der Waals surface area contributed by atoms with Gasteiger partial charge in [0.1, 0.15) is 0 Å². The molecule has 0 radical (unpaired) electrons. The lowest BCUT2D eigenvalue weighted by Gasteiger charge is -2.02. The summed E-state index contributed by atoms with van der Waals surface area (Å²) < 4.78 is 5.46. The zero-order valence-electron chi connectivity index (χ0n) is 21.6. The number of hydrogen-bond donors (Lipinski definition) is 0. The van der Waals surface area contributed by atoms with E-state index in [0.717, 1.165) is 31.5 Å². The van der Waals surface area contributed by atoms with Crippen molar-refractivity contribution in [3.8, 4) is 0 Å². The Morgan fingerprint density at radius 3 is 1.54 bits per heavy atom. The van der Waals surface area contributed by atoms with Gasteiger partial charge in [-0.3, -0.25) is 0 Å². The van der Waals surface area contributed by atoms with E-state index in [1.54, 1.807) is 0 Å². The molecule has 0 aliphatic heterocycles. The third kappa shape index (κ3) is 36.2. The molecule has 1 aromatic rings. The molecule has 0 fully saturated rings. The molecule has 1 nitrogen and oxygen atoms in total. The molecule has 0 saturated carbocycles. The first-order valence-corrected chi connectivity index (χ1v) is 12.1. The van der Waals surface area contributed by atoms with Gasteiger partial charge in [0.15, 0.2) is 0 Å². The molecule has 1 heteroatoms. The fourth-order valence-electron chi connectivity index (χ4n) is 1.88. The minimum absolute atomic E-state index is 0.751. The average Bonchev–Trinajstić information content (AvgIpc) is 2.75. The van der Waals surface area contributed by atoms with Gasteiger partial charge >= 0.3 is 0 Å². The third-order valence-corrected chi connectivity index (χ3v) is 4.01. The number of ether oxygens (including phenoxy) is 1. The summed E-state index contributed by atoms with van der Waals surface area (Å²) >= 11 is 0.